The topological polar surface area (TPSA) is 78.3 Å². The normalized spacial score (nSPS) is 11.8. The van der Waals surface area contributed by atoms with Gasteiger partial charge in [-0.05, 0) is 32.0 Å². The maximum Gasteiger partial charge on any atom is 0.419 e. The minimum absolute atomic E-state index is 0.125. The van der Waals surface area contributed by atoms with E-state index in [4.69, 9.17) is 9.47 Å². The van der Waals surface area contributed by atoms with E-state index in [1.807, 2.05) is 0 Å². The van der Waals surface area contributed by atoms with Gasteiger partial charge >= 0.3 is 6.18 Å². The number of nitrogens with zero attached hydrogens (tertiary/aromatic N) is 3. The molecule has 1 amide bonds. The van der Waals surface area contributed by atoms with Crippen LogP contribution in [0.3, 0.4) is 0 Å². The van der Waals surface area contributed by atoms with E-state index in [1.165, 1.54) is 10.9 Å². The number of anilines is 1. The number of aromatic nitrogens is 3. The van der Waals surface area contributed by atoms with E-state index in [2.05, 4.69) is 15.6 Å². The fourth-order valence-electron chi connectivity index (χ4n) is 2.19. The first-order valence-electron chi connectivity index (χ1n) is 8.06. The van der Waals surface area contributed by atoms with E-state index < -0.39 is 29.8 Å². The molecule has 0 aliphatic carbocycles. The third-order valence-electron chi connectivity index (χ3n) is 3.34. The van der Waals surface area contributed by atoms with Crippen LogP contribution in [-0.4, -0.2) is 40.4 Å². The van der Waals surface area contributed by atoms with Crippen molar-refractivity contribution in [2.75, 3.05) is 18.5 Å². The average Bonchev–Trinajstić information content (AvgIpc) is 3.05. The fraction of sp³-hybridized carbons (Fsp3) is 0.438. The first kappa shape index (κ1) is 20.8. The summed E-state index contributed by atoms with van der Waals surface area (Å²) in [5.74, 6) is -2.21. The van der Waals surface area contributed by atoms with E-state index in [-0.39, 0.29) is 17.9 Å². The molecule has 7 nitrogen and oxygen atoms in total. The second-order valence-electron chi connectivity index (χ2n) is 5.31. The summed E-state index contributed by atoms with van der Waals surface area (Å²) in [5, 5.41) is 9.66. The number of carbonyl (C=O) groups is 1. The number of hydrogen-bond acceptors (Lipinski definition) is 5. The summed E-state index contributed by atoms with van der Waals surface area (Å²) in [6.45, 7) is 4.60. The first-order chi connectivity index (χ1) is 12.7. The van der Waals surface area contributed by atoms with Crippen LogP contribution < -0.4 is 5.32 Å². The number of carbonyl (C=O) groups excluding carboxylic acids is 1. The monoisotopic (exact) mass is 390 g/mol. The van der Waals surface area contributed by atoms with Gasteiger partial charge in [-0.15, -0.1) is 5.10 Å². The Labute approximate surface area is 152 Å². The third kappa shape index (κ3) is 5.73. The Morgan fingerprint density at radius 1 is 1.26 bits per heavy atom. The fourth-order valence-corrected chi connectivity index (χ4v) is 2.19. The molecule has 27 heavy (non-hydrogen) atoms. The molecule has 1 N–H and O–H groups in total. The van der Waals surface area contributed by atoms with E-state index in [0.717, 1.165) is 6.07 Å². The Kier molecular flexibility index (Phi) is 6.86. The Balaban J connectivity index is 2.08. The van der Waals surface area contributed by atoms with Crippen molar-refractivity contribution in [1.82, 2.24) is 15.0 Å². The molecule has 1 aromatic heterocycles. The van der Waals surface area contributed by atoms with Crippen molar-refractivity contribution in [1.29, 1.82) is 0 Å². The van der Waals surface area contributed by atoms with E-state index in [9.17, 15) is 22.4 Å². The summed E-state index contributed by atoms with van der Waals surface area (Å²) >= 11 is 0. The van der Waals surface area contributed by atoms with Gasteiger partial charge in [0.05, 0.1) is 18.3 Å². The van der Waals surface area contributed by atoms with Crippen LogP contribution in [0.1, 0.15) is 29.9 Å². The second-order valence-corrected chi connectivity index (χ2v) is 5.31. The lowest BCUT2D eigenvalue weighted by molar-refractivity contribution is -0.145. The molecule has 2 aromatic rings. The van der Waals surface area contributed by atoms with Crippen molar-refractivity contribution >= 4 is 11.6 Å². The van der Waals surface area contributed by atoms with Gasteiger partial charge in [0, 0.05) is 18.9 Å². The minimum Gasteiger partial charge on any atom is -0.351 e. The maximum absolute atomic E-state index is 13.3. The summed E-state index contributed by atoms with van der Waals surface area (Å²) in [5.41, 5.74) is -1.82. The van der Waals surface area contributed by atoms with Gasteiger partial charge in [0.2, 0.25) is 0 Å². The predicted octanol–water partition coefficient (Wildman–Crippen LogP) is 3.09. The predicted molar refractivity (Wildman–Crippen MR) is 86.4 cm³/mol. The van der Waals surface area contributed by atoms with Crippen LogP contribution >= 0.6 is 0 Å². The quantitative estimate of drug-likeness (QED) is 0.554. The smallest absolute Gasteiger partial charge is 0.351 e. The lowest BCUT2D eigenvalue weighted by Gasteiger charge is -2.16. The molecule has 0 aliphatic rings. The zero-order chi connectivity index (χ0) is 20.0. The molecule has 0 bridgehead atoms. The Bertz CT molecular complexity index is 773. The van der Waals surface area contributed by atoms with Gasteiger partial charge in [-0.25, -0.2) is 9.07 Å². The zero-order valence-electron chi connectivity index (χ0n) is 14.6. The Morgan fingerprint density at radius 2 is 1.93 bits per heavy atom. The molecule has 2 rings (SSSR count). The number of nitrogens with one attached hydrogen (secondary N) is 1. The number of rotatable bonds is 8. The highest BCUT2D eigenvalue weighted by atomic mass is 19.4. The summed E-state index contributed by atoms with van der Waals surface area (Å²) in [4.78, 5) is 12.1. The molecule has 1 heterocycles. The SMILES string of the molecule is CCOC(Cn1cc(C(=O)Nc2ccc(F)c(C(F)(F)F)c2)nn1)OCC. The lowest BCUT2D eigenvalue weighted by Crippen LogP contribution is -2.24. The molecule has 0 unspecified atom stereocenters. The van der Waals surface area contributed by atoms with Crippen LogP contribution in [-0.2, 0) is 22.2 Å². The van der Waals surface area contributed by atoms with Crippen molar-refractivity contribution in [2.24, 2.45) is 0 Å². The van der Waals surface area contributed by atoms with Gasteiger partial charge in [-0.1, -0.05) is 5.21 Å². The van der Waals surface area contributed by atoms with Crippen LogP contribution in [0.25, 0.3) is 0 Å². The highest BCUT2D eigenvalue weighted by Crippen LogP contribution is 2.33. The second kappa shape index (κ2) is 8.91. The molecule has 1 aromatic carbocycles. The molecule has 0 saturated carbocycles. The Hall–Kier alpha value is -2.53. The zero-order valence-corrected chi connectivity index (χ0v) is 14.6. The van der Waals surface area contributed by atoms with Crippen molar-refractivity contribution < 1.29 is 31.8 Å². The maximum atomic E-state index is 13.3. The van der Waals surface area contributed by atoms with E-state index in [1.54, 1.807) is 13.8 Å². The van der Waals surface area contributed by atoms with Gasteiger partial charge < -0.3 is 14.8 Å². The summed E-state index contributed by atoms with van der Waals surface area (Å²) in [7, 11) is 0. The van der Waals surface area contributed by atoms with E-state index in [0.29, 0.717) is 25.3 Å². The number of halogens is 4. The number of ether oxygens (including phenoxy) is 2. The van der Waals surface area contributed by atoms with Crippen molar-refractivity contribution in [2.45, 2.75) is 32.9 Å². The molecule has 0 fully saturated rings. The number of hydrogen-bond donors (Lipinski definition) is 1. The van der Waals surface area contributed by atoms with Gasteiger partial charge in [0.1, 0.15) is 5.82 Å². The van der Waals surface area contributed by atoms with Gasteiger partial charge in [-0.3, -0.25) is 4.79 Å². The molecule has 0 radical (unpaired) electrons. The minimum atomic E-state index is -4.87. The van der Waals surface area contributed by atoms with Gasteiger partial charge in [-0.2, -0.15) is 13.2 Å². The number of benzene rings is 1. The van der Waals surface area contributed by atoms with Gasteiger partial charge in [0.15, 0.2) is 12.0 Å². The van der Waals surface area contributed by atoms with Crippen molar-refractivity contribution in [3.05, 3.63) is 41.5 Å². The molecule has 11 heteroatoms. The average molecular weight is 390 g/mol. The third-order valence-corrected chi connectivity index (χ3v) is 3.34. The van der Waals surface area contributed by atoms with Crippen LogP contribution in [0.2, 0.25) is 0 Å². The highest BCUT2D eigenvalue weighted by Gasteiger charge is 2.34. The van der Waals surface area contributed by atoms with Crippen LogP contribution in [0, 0.1) is 5.82 Å². The van der Waals surface area contributed by atoms with Crippen molar-refractivity contribution in [3.63, 3.8) is 0 Å². The van der Waals surface area contributed by atoms with Crippen LogP contribution in [0.4, 0.5) is 23.2 Å². The molecule has 0 aliphatic heterocycles. The highest BCUT2D eigenvalue weighted by molar-refractivity contribution is 6.02. The van der Waals surface area contributed by atoms with Crippen molar-refractivity contribution in [3.8, 4) is 0 Å². The molecule has 148 valence electrons. The molecular formula is C16H18F4N4O3. The Morgan fingerprint density at radius 3 is 2.52 bits per heavy atom. The largest absolute Gasteiger partial charge is 0.419 e. The molecule has 0 saturated heterocycles. The number of alkyl halides is 3. The summed E-state index contributed by atoms with van der Waals surface area (Å²) in [6.07, 6.45) is -4.15. The first-order valence-corrected chi connectivity index (χ1v) is 8.06. The molecule has 0 atom stereocenters. The van der Waals surface area contributed by atoms with E-state index >= 15 is 0 Å². The summed E-state index contributed by atoms with van der Waals surface area (Å²) < 4.78 is 63.5. The molecular weight excluding hydrogens is 372 g/mol. The van der Waals surface area contributed by atoms with Crippen LogP contribution in [0.15, 0.2) is 24.4 Å². The summed E-state index contributed by atoms with van der Waals surface area (Å²) in [6, 6.07) is 2.16. The lowest BCUT2D eigenvalue weighted by atomic mass is 10.2. The van der Waals surface area contributed by atoms with Crippen LogP contribution in [0.5, 0.6) is 0 Å². The van der Waals surface area contributed by atoms with Gasteiger partial charge in [0.25, 0.3) is 5.91 Å². The number of amides is 1. The molecule has 0 spiro atoms. The standard InChI is InChI=1S/C16H18F4N4O3/c1-3-26-14(27-4-2)9-24-8-13(22-23-24)15(25)21-10-5-6-12(17)11(7-10)16(18,19)20/h5-8,14H,3-4,9H2,1-2H3,(H,21,25).